The number of fused-ring (bicyclic) bond motifs is 1. The first-order chi connectivity index (χ1) is 15.5. The number of carbonyl (C=O) groups excluding carboxylic acids is 1. The second kappa shape index (κ2) is 8.47. The fraction of sp³-hybridized carbons (Fsp3) is 0.238. The van der Waals surface area contributed by atoms with E-state index < -0.39 is 43.1 Å². The molecular weight excluding hydrogens is 483 g/mol. The Hall–Kier alpha value is -2.89. The number of hydrogen-bond donors (Lipinski definition) is 1. The molecule has 0 spiro atoms. The van der Waals surface area contributed by atoms with Crippen molar-refractivity contribution in [1.82, 2.24) is 14.2 Å². The Kier molecular flexibility index (Phi) is 5.97. The van der Waals surface area contributed by atoms with E-state index in [4.69, 9.17) is 11.6 Å². The summed E-state index contributed by atoms with van der Waals surface area (Å²) in [6, 6.07) is 10.4. The normalized spacial score (nSPS) is 15.7. The van der Waals surface area contributed by atoms with Crippen LogP contribution >= 0.6 is 11.6 Å². The summed E-state index contributed by atoms with van der Waals surface area (Å²) in [7, 11) is -4.23. The van der Waals surface area contributed by atoms with Crippen LogP contribution < -0.4 is 5.56 Å². The van der Waals surface area contributed by atoms with E-state index in [1.54, 1.807) is 24.3 Å². The highest BCUT2D eigenvalue weighted by Gasteiger charge is 2.36. The number of H-pyrrole nitrogens is 1. The van der Waals surface area contributed by atoms with Crippen LogP contribution in [0, 0.1) is 0 Å². The monoisotopic (exact) mass is 499 g/mol. The third-order valence-corrected chi connectivity index (χ3v) is 7.61. The van der Waals surface area contributed by atoms with Crippen molar-refractivity contribution in [2.24, 2.45) is 0 Å². The number of amides is 1. The lowest BCUT2D eigenvalue weighted by molar-refractivity contribution is -0.137. The van der Waals surface area contributed by atoms with Crippen molar-refractivity contribution in [3.05, 3.63) is 75.0 Å². The van der Waals surface area contributed by atoms with E-state index in [2.05, 4.69) is 4.98 Å². The highest BCUT2D eigenvalue weighted by Crippen LogP contribution is 2.36. The third kappa shape index (κ3) is 4.48. The zero-order valence-corrected chi connectivity index (χ0v) is 18.5. The number of hydrogen-bond acceptors (Lipinski definition) is 4. The molecule has 0 bridgehead atoms. The summed E-state index contributed by atoms with van der Waals surface area (Å²) in [6.45, 7) is -0.198. The van der Waals surface area contributed by atoms with Crippen molar-refractivity contribution in [3.8, 4) is 0 Å². The van der Waals surface area contributed by atoms with Gasteiger partial charge in [-0.3, -0.25) is 9.59 Å². The number of piperazine rings is 1. The first-order valence-electron chi connectivity index (χ1n) is 9.77. The van der Waals surface area contributed by atoms with Crippen LogP contribution in [0.4, 0.5) is 13.2 Å². The van der Waals surface area contributed by atoms with Crippen LogP contribution in [0.1, 0.15) is 15.9 Å². The largest absolute Gasteiger partial charge is 0.417 e. The minimum absolute atomic E-state index is 0.0128. The molecule has 2 heterocycles. The Morgan fingerprint density at radius 1 is 1.00 bits per heavy atom. The number of sulfonamides is 1. The van der Waals surface area contributed by atoms with E-state index in [1.807, 2.05) is 0 Å². The predicted molar refractivity (Wildman–Crippen MR) is 116 cm³/mol. The van der Waals surface area contributed by atoms with Gasteiger partial charge in [-0.15, -0.1) is 0 Å². The number of rotatable bonds is 3. The van der Waals surface area contributed by atoms with Crippen LogP contribution in [-0.2, 0) is 16.2 Å². The highest BCUT2D eigenvalue weighted by molar-refractivity contribution is 7.89. The Labute approximate surface area is 191 Å². The number of aromatic nitrogens is 1. The van der Waals surface area contributed by atoms with Crippen molar-refractivity contribution < 1.29 is 26.4 Å². The maximum Gasteiger partial charge on any atom is 0.417 e. The van der Waals surface area contributed by atoms with Gasteiger partial charge in [-0.05, 0) is 24.3 Å². The van der Waals surface area contributed by atoms with Gasteiger partial charge in [0.1, 0.15) is 0 Å². The maximum absolute atomic E-state index is 13.1. The molecule has 0 saturated carbocycles. The number of para-hydroxylation sites is 1. The molecule has 12 heteroatoms. The molecule has 0 radical (unpaired) electrons. The SMILES string of the molecule is O=C(c1cc(=O)[nH]c2ccccc12)N1CCN(S(=O)(=O)c2ccc(Cl)c(C(F)(F)F)c2)CC1. The smallest absolute Gasteiger partial charge is 0.336 e. The predicted octanol–water partition coefficient (Wildman–Crippen LogP) is 3.35. The van der Waals surface area contributed by atoms with Gasteiger partial charge in [0.2, 0.25) is 15.6 Å². The standard InChI is InChI=1S/C21H17ClF3N3O4S/c22-17-6-5-13(11-16(17)21(23,24)25)33(31,32)28-9-7-27(8-10-28)20(30)15-12-19(29)26-18-4-2-1-3-14(15)18/h1-6,11-12H,7-10H2,(H,26,29). The molecule has 0 aliphatic carbocycles. The Balaban J connectivity index is 1.55. The second-order valence-electron chi connectivity index (χ2n) is 7.43. The molecule has 1 aliphatic heterocycles. The average Bonchev–Trinajstić information content (AvgIpc) is 2.77. The Morgan fingerprint density at radius 2 is 1.67 bits per heavy atom. The minimum Gasteiger partial charge on any atom is -0.336 e. The fourth-order valence-corrected chi connectivity index (χ4v) is 5.39. The summed E-state index contributed by atoms with van der Waals surface area (Å²) in [4.78, 5) is 28.5. The van der Waals surface area contributed by atoms with Crippen LogP contribution in [0.3, 0.4) is 0 Å². The quantitative estimate of drug-likeness (QED) is 0.598. The van der Waals surface area contributed by atoms with E-state index in [0.29, 0.717) is 17.0 Å². The Bertz CT molecular complexity index is 1400. The van der Waals surface area contributed by atoms with Crippen LogP contribution in [-0.4, -0.2) is 54.7 Å². The molecule has 1 amide bonds. The lowest BCUT2D eigenvalue weighted by Gasteiger charge is -2.34. The molecule has 0 atom stereocenters. The van der Waals surface area contributed by atoms with Gasteiger partial charge >= 0.3 is 6.18 Å². The number of pyridine rings is 1. The van der Waals surface area contributed by atoms with Crippen molar-refractivity contribution >= 4 is 38.4 Å². The van der Waals surface area contributed by atoms with Gasteiger partial charge in [-0.1, -0.05) is 29.8 Å². The Morgan fingerprint density at radius 3 is 2.33 bits per heavy atom. The molecule has 174 valence electrons. The molecule has 1 aromatic heterocycles. The van der Waals surface area contributed by atoms with E-state index in [9.17, 15) is 31.2 Å². The molecule has 1 saturated heterocycles. The van der Waals surface area contributed by atoms with Crippen molar-refractivity contribution in [3.63, 3.8) is 0 Å². The van der Waals surface area contributed by atoms with Crippen LogP contribution in [0.5, 0.6) is 0 Å². The summed E-state index contributed by atoms with van der Waals surface area (Å²) in [5.41, 5.74) is -0.988. The molecule has 0 unspecified atom stereocenters. The first kappa shape index (κ1) is 23.3. The zero-order valence-electron chi connectivity index (χ0n) is 16.9. The van der Waals surface area contributed by atoms with Crippen molar-refractivity contribution in [2.45, 2.75) is 11.1 Å². The van der Waals surface area contributed by atoms with E-state index in [-0.39, 0.29) is 31.7 Å². The number of aromatic amines is 1. The van der Waals surface area contributed by atoms with Gasteiger partial charge in [0.05, 0.1) is 21.0 Å². The van der Waals surface area contributed by atoms with E-state index >= 15 is 0 Å². The second-order valence-corrected chi connectivity index (χ2v) is 9.77. The van der Waals surface area contributed by atoms with Crippen LogP contribution in [0.25, 0.3) is 10.9 Å². The molecule has 2 aromatic carbocycles. The lowest BCUT2D eigenvalue weighted by Crippen LogP contribution is -2.50. The number of alkyl halides is 3. The number of carbonyl (C=O) groups is 1. The number of benzene rings is 2. The molecule has 4 rings (SSSR count). The van der Waals surface area contributed by atoms with Crippen molar-refractivity contribution in [2.75, 3.05) is 26.2 Å². The van der Waals surface area contributed by atoms with E-state index in [0.717, 1.165) is 16.4 Å². The topological polar surface area (TPSA) is 90.6 Å². The first-order valence-corrected chi connectivity index (χ1v) is 11.6. The summed E-state index contributed by atoms with van der Waals surface area (Å²) >= 11 is 5.58. The molecule has 3 aromatic rings. The molecule has 7 nitrogen and oxygen atoms in total. The van der Waals surface area contributed by atoms with E-state index in [1.165, 1.54) is 11.0 Å². The number of nitrogens with zero attached hydrogens (tertiary/aromatic N) is 2. The van der Waals surface area contributed by atoms with Crippen LogP contribution in [0.2, 0.25) is 5.02 Å². The summed E-state index contributed by atoms with van der Waals surface area (Å²) in [5, 5.41) is -0.0417. The maximum atomic E-state index is 13.1. The average molecular weight is 500 g/mol. The van der Waals surface area contributed by atoms with Gasteiger partial charge in [-0.25, -0.2) is 8.42 Å². The van der Waals surface area contributed by atoms with Gasteiger partial charge < -0.3 is 9.88 Å². The van der Waals surface area contributed by atoms with Crippen molar-refractivity contribution in [1.29, 1.82) is 0 Å². The third-order valence-electron chi connectivity index (χ3n) is 5.39. The molecule has 33 heavy (non-hydrogen) atoms. The fourth-order valence-electron chi connectivity index (χ4n) is 3.71. The number of nitrogens with one attached hydrogen (secondary N) is 1. The molecule has 1 N–H and O–H groups in total. The summed E-state index contributed by atoms with van der Waals surface area (Å²) in [6.07, 6.45) is -4.80. The van der Waals surface area contributed by atoms with Gasteiger partial charge in [0.15, 0.2) is 0 Å². The van der Waals surface area contributed by atoms with Gasteiger partial charge in [-0.2, -0.15) is 17.5 Å². The molecule has 1 fully saturated rings. The molecule has 1 aliphatic rings. The summed E-state index contributed by atoms with van der Waals surface area (Å²) < 4.78 is 66.3. The lowest BCUT2D eigenvalue weighted by atomic mass is 10.1. The zero-order chi connectivity index (χ0) is 24.0. The minimum atomic E-state index is -4.80. The summed E-state index contributed by atoms with van der Waals surface area (Å²) in [5.74, 6) is -0.430. The van der Waals surface area contributed by atoms with Crippen LogP contribution in [0.15, 0.2) is 58.2 Å². The van der Waals surface area contributed by atoms with Gasteiger partial charge in [0, 0.05) is 43.1 Å². The number of halogens is 4. The highest BCUT2D eigenvalue weighted by atomic mass is 35.5. The molecular formula is C21H17ClF3N3O4S. The van der Waals surface area contributed by atoms with Gasteiger partial charge in [0.25, 0.3) is 5.91 Å².